The fraction of sp³-hybridized carbons (Fsp3) is 0.167. The summed E-state index contributed by atoms with van der Waals surface area (Å²) in [6.45, 7) is 0. The van der Waals surface area contributed by atoms with Crippen molar-refractivity contribution >= 4 is 17.3 Å². The SMILES string of the molecule is CN(C)c1ccc(/C=C(\C#N)c2ccccc2C(F)(F)F)cc1. The normalized spacial score (nSPS) is 11.9. The molecule has 0 spiro atoms. The van der Waals surface area contributed by atoms with E-state index in [2.05, 4.69) is 0 Å². The van der Waals surface area contributed by atoms with Gasteiger partial charge in [-0.3, -0.25) is 0 Å². The first kappa shape index (κ1) is 16.6. The van der Waals surface area contributed by atoms with Gasteiger partial charge in [0.05, 0.1) is 17.2 Å². The van der Waals surface area contributed by atoms with Crippen molar-refractivity contribution in [2.24, 2.45) is 0 Å². The van der Waals surface area contributed by atoms with Crippen LogP contribution in [0.25, 0.3) is 11.6 Å². The number of allylic oxidation sites excluding steroid dienone is 1. The fourth-order valence-corrected chi connectivity index (χ4v) is 2.17. The minimum absolute atomic E-state index is 0.0180. The number of halogens is 3. The van der Waals surface area contributed by atoms with Crippen molar-refractivity contribution in [3.63, 3.8) is 0 Å². The number of nitrogens with zero attached hydrogens (tertiary/aromatic N) is 2. The lowest BCUT2D eigenvalue weighted by Crippen LogP contribution is -2.08. The molecule has 5 heteroatoms. The molecule has 0 aliphatic heterocycles. The molecule has 2 nitrogen and oxygen atoms in total. The summed E-state index contributed by atoms with van der Waals surface area (Å²) < 4.78 is 39.3. The van der Waals surface area contributed by atoms with Crippen LogP contribution in [0, 0.1) is 11.3 Å². The van der Waals surface area contributed by atoms with Crippen LogP contribution in [-0.4, -0.2) is 14.1 Å². The van der Waals surface area contributed by atoms with E-state index in [1.165, 1.54) is 24.3 Å². The number of hydrogen-bond acceptors (Lipinski definition) is 2. The molecule has 2 rings (SSSR count). The van der Waals surface area contributed by atoms with Gasteiger partial charge in [0.2, 0.25) is 0 Å². The second kappa shape index (κ2) is 6.57. The van der Waals surface area contributed by atoms with Gasteiger partial charge in [-0.05, 0) is 29.8 Å². The topological polar surface area (TPSA) is 27.0 Å². The van der Waals surface area contributed by atoms with Gasteiger partial charge in [-0.25, -0.2) is 0 Å². The Morgan fingerprint density at radius 1 is 1.04 bits per heavy atom. The Balaban J connectivity index is 2.47. The Labute approximate surface area is 133 Å². The molecular formula is C18H15F3N2. The Morgan fingerprint density at radius 2 is 1.65 bits per heavy atom. The molecule has 0 unspecified atom stereocenters. The summed E-state index contributed by atoms with van der Waals surface area (Å²) in [6, 6.07) is 14.2. The maximum atomic E-state index is 13.1. The van der Waals surface area contributed by atoms with Gasteiger partial charge in [-0.15, -0.1) is 0 Å². The molecule has 23 heavy (non-hydrogen) atoms. The minimum atomic E-state index is -4.50. The van der Waals surface area contributed by atoms with Crippen molar-refractivity contribution in [2.45, 2.75) is 6.18 Å². The first-order valence-corrected chi connectivity index (χ1v) is 6.88. The predicted octanol–water partition coefficient (Wildman–Crippen LogP) is 4.84. The molecule has 0 saturated heterocycles. The monoisotopic (exact) mass is 316 g/mol. The molecule has 0 aromatic heterocycles. The zero-order chi connectivity index (χ0) is 17.0. The van der Waals surface area contributed by atoms with Crippen LogP contribution in [-0.2, 0) is 6.18 Å². The van der Waals surface area contributed by atoms with Crippen LogP contribution < -0.4 is 4.90 Å². The second-order valence-corrected chi connectivity index (χ2v) is 5.20. The van der Waals surface area contributed by atoms with E-state index in [-0.39, 0.29) is 11.1 Å². The summed E-state index contributed by atoms with van der Waals surface area (Å²) in [6.07, 6.45) is -3.04. The average molecular weight is 316 g/mol. The lowest BCUT2D eigenvalue weighted by atomic mass is 9.98. The highest BCUT2D eigenvalue weighted by Crippen LogP contribution is 2.35. The molecule has 118 valence electrons. The summed E-state index contributed by atoms with van der Waals surface area (Å²) >= 11 is 0. The van der Waals surface area contributed by atoms with Gasteiger partial charge in [0.25, 0.3) is 0 Å². The van der Waals surface area contributed by atoms with Crippen LogP contribution in [0.15, 0.2) is 48.5 Å². The van der Waals surface area contributed by atoms with Crippen LogP contribution in [0.2, 0.25) is 0 Å². The maximum Gasteiger partial charge on any atom is 0.417 e. The fourth-order valence-electron chi connectivity index (χ4n) is 2.17. The van der Waals surface area contributed by atoms with Gasteiger partial charge < -0.3 is 4.90 Å². The van der Waals surface area contributed by atoms with Crippen LogP contribution in [0.1, 0.15) is 16.7 Å². The van der Waals surface area contributed by atoms with E-state index in [0.717, 1.165) is 11.8 Å². The van der Waals surface area contributed by atoms with Gasteiger partial charge >= 0.3 is 6.18 Å². The molecule has 0 saturated carbocycles. The van der Waals surface area contributed by atoms with Crippen molar-refractivity contribution in [1.29, 1.82) is 5.26 Å². The molecule has 2 aromatic rings. The lowest BCUT2D eigenvalue weighted by molar-refractivity contribution is -0.137. The molecule has 0 aliphatic carbocycles. The zero-order valence-electron chi connectivity index (χ0n) is 12.7. The van der Waals surface area contributed by atoms with Crippen molar-refractivity contribution in [1.82, 2.24) is 0 Å². The second-order valence-electron chi connectivity index (χ2n) is 5.20. The molecule has 2 aromatic carbocycles. The van der Waals surface area contributed by atoms with Crippen LogP contribution in [0.5, 0.6) is 0 Å². The Kier molecular flexibility index (Phi) is 4.75. The first-order chi connectivity index (χ1) is 10.8. The third-order valence-corrected chi connectivity index (χ3v) is 3.36. The van der Waals surface area contributed by atoms with Gasteiger partial charge in [-0.2, -0.15) is 18.4 Å². The van der Waals surface area contributed by atoms with E-state index in [4.69, 9.17) is 0 Å². The molecule has 0 atom stereocenters. The lowest BCUT2D eigenvalue weighted by Gasteiger charge is -2.13. The molecule has 0 bridgehead atoms. The van der Waals surface area contributed by atoms with Gasteiger partial charge in [-0.1, -0.05) is 30.3 Å². The molecule has 0 N–H and O–H groups in total. The molecule has 0 amide bonds. The van der Waals surface area contributed by atoms with Crippen molar-refractivity contribution < 1.29 is 13.2 Å². The van der Waals surface area contributed by atoms with Crippen LogP contribution in [0.4, 0.5) is 18.9 Å². The Morgan fingerprint density at radius 3 is 2.17 bits per heavy atom. The molecular weight excluding hydrogens is 301 g/mol. The molecule has 0 aliphatic rings. The summed E-state index contributed by atoms with van der Waals surface area (Å²) in [7, 11) is 3.79. The summed E-state index contributed by atoms with van der Waals surface area (Å²) in [4.78, 5) is 1.91. The summed E-state index contributed by atoms with van der Waals surface area (Å²) in [5.41, 5.74) is 0.702. The number of rotatable bonds is 3. The van der Waals surface area contributed by atoms with Crippen molar-refractivity contribution in [3.8, 4) is 6.07 Å². The maximum absolute atomic E-state index is 13.1. The van der Waals surface area contributed by atoms with E-state index < -0.39 is 11.7 Å². The van der Waals surface area contributed by atoms with Crippen LogP contribution >= 0.6 is 0 Å². The van der Waals surface area contributed by atoms with E-state index >= 15 is 0 Å². The Hall–Kier alpha value is -2.74. The average Bonchev–Trinajstić information content (AvgIpc) is 2.52. The smallest absolute Gasteiger partial charge is 0.378 e. The van der Waals surface area contributed by atoms with Gasteiger partial charge in [0, 0.05) is 25.3 Å². The molecule has 0 fully saturated rings. The zero-order valence-corrected chi connectivity index (χ0v) is 12.7. The number of benzene rings is 2. The highest BCUT2D eigenvalue weighted by molar-refractivity contribution is 5.91. The highest BCUT2D eigenvalue weighted by Gasteiger charge is 2.33. The van der Waals surface area contributed by atoms with Gasteiger partial charge in [0.15, 0.2) is 0 Å². The van der Waals surface area contributed by atoms with Crippen molar-refractivity contribution in [2.75, 3.05) is 19.0 Å². The largest absolute Gasteiger partial charge is 0.417 e. The molecule has 0 radical (unpaired) electrons. The minimum Gasteiger partial charge on any atom is -0.378 e. The van der Waals surface area contributed by atoms with E-state index in [1.807, 2.05) is 37.2 Å². The third kappa shape index (κ3) is 3.92. The third-order valence-electron chi connectivity index (χ3n) is 3.36. The molecule has 0 heterocycles. The highest BCUT2D eigenvalue weighted by atomic mass is 19.4. The number of nitriles is 1. The summed E-state index contributed by atoms with van der Waals surface area (Å²) in [5, 5.41) is 9.28. The van der Waals surface area contributed by atoms with Gasteiger partial charge in [0.1, 0.15) is 0 Å². The summed E-state index contributed by atoms with van der Waals surface area (Å²) in [5.74, 6) is 0. The van der Waals surface area contributed by atoms with E-state index in [9.17, 15) is 18.4 Å². The number of alkyl halides is 3. The predicted molar refractivity (Wildman–Crippen MR) is 85.7 cm³/mol. The standard InChI is InChI=1S/C18H15F3N2/c1-23(2)15-9-7-13(8-10-15)11-14(12-22)16-5-3-4-6-17(16)18(19,20)21/h3-11H,1-2H3/b14-11+. The van der Waals surface area contributed by atoms with Crippen molar-refractivity contribution in [3.05, 3.63) is 65.2 Å². The first-order valence-electron chi connectivity index (χ1n) is 6.88. The van der Waals surface area contributed by atoms with E-state index in [1.54, 1.807) is 12.1 Å². The van der Waals surface area contributed by atoms with E-state index in [0.29, 0.717) is 5.56 Å². The number of anilines is 1. The van der Waals surface area contributed by atoms with Crippen LogP contribution in [0.3, 0.4) is 0 Å². The Bertz CT molecular complexity index is 751. The number of hydrogen-bond donors (Lipinski definition) is 0. The quantitative estimate of drug-likeness (QED) is 0.599.